The molecule has 0 heterocycles. The maximum atomic E-state index is 12.0. The fourth-order valence-electron chi connectivity index (χ4n) is 2.75. The van der Waals surface area contributed by atoms with Crippen molar-refractivity contribution >= 4 is 17.6 Å². The summed E-state index contributed by atoms with van der Waals surface area (Å²) >= 11 is 0. The van der Waals surface area contributed by atoms with Crippen LogP contribution in [0, 0.1) is 0 Å². The van der Waals surface area contributed by atoms with Crippen molar-refractivity contribution in [3.05, 3.63) is 18.2 Å². The Hall–Kier alpha value is -2.44. The van der Waals surface area contributed by atoms with E-state index < -0.39 is 0 Å². The summed E-state index contributed by atoms with van der Waals surface area (Å²) in [5, 5.41) is 8.19. The van der Waals surface area contributed by atoms with Crippen LogP contribution in [0.1, 0.15) is 32.1 Å². The van der Waals surface area contributed by atoms with Gasteiger partial charge in [0.25, 0.3) is 0 Å². The summed E-state index contributed by atoms with van der Waals surface area (Å²) < 4.78 is 10.3. The molecule has 1 aliphatic rings. The molecule has 1 fully saturated rings. The van der Waals surface area contributed by atoms with E-state index in [2.05, 4.69) is 16.0 Å². The lowest BCUT2D eigenvalue weighted by atomic mass is 9.96. The van der Waals surface area contributed by atoms with Crippen LogP contribution in [0.2, 0.25) is 0 Å². The van der Waals surface area contributed by atoms with Gasteiger partial charge in [-0.3, -0.25) is 4.79 Å². The summed E-state index contributed by atoms with van der Waals surface area (Å²) in [6.45, 7) is -0.112. The molecule has 2 rings (SSSR count). The fraction of sp³-hybridized carbons (Fsp3) is 0.529. The summed E-state index contributed by atoms with van der Waals surface area (Å²) in [5.74, 6) is 0.797. The maximum absolute atomic E-state index is 12.0. The summed E-state index contributed by atoms with van der Waals surface area (Å²) in [5.41, 5.74) is 0.497. The van der Waals surface area contributed by atoms with Gasteiger partial charge in [-0.15, -0.1) is 0 Å². The van der Waals surface area contributed by atoms with Gasteiger partial charge in [0.2, 0.25) is 5.91 Å². The lowest BCUT2D eigenvalue weighted by Crippen LogP contribution is -2.45. The maximum Gasteiger partial charge on any atom is 0.315 e. The van der Waals surface area contributed by atoms with Gasteiger partial charge in [0.1, 0.15) is 11.5 Å². The molecular weight excluding hydrogens is 310 g/mol. The van der Waals surface area contributed by atoms with Crippen LogP contribution in [0.25, 0.3) is 0 Å². The third-order valence-corrected chi connectivity index (χ3v) is 4.03. The van der Waals surface area contributed by atoms with Crippen molar-refractivity contribution in [3.8, 4) is 11.5 Å². The number of rotatable bonds is 6. The Morgan fingerprint density at radius 2 is 1.88 bits per heavy atom. The molecule has 0 radical (unpaired) electrons. The molecule has 1 aromatic carbocycles. The van der Waals surface area contributed by atoms with Crippen molar-refractivity contribution in [2.75, 3.05) is 26.1 Å². The molecule has 0 saturated heterocycles. The van der Waals surface area contributed by atoms with Gasteiger partial charge in [0, 0.05) is 12.1 Å². The minimum atomic E-state index is -0.333. The fourth-order valence-corrected chi connectivity index (χ4v) is 2.75. The van der Waals surface area contributed by atoms with Crippen LogP contribution in [0.4, 0.5) is 10.5 Å². The molecule has 0 bridgehead atoms. The van der Waals surface area contributed by atoms with E-state index in [4.69, 9.17) is 9.47 Å². The normalized spacial score (nSPS) is 14.6. The number of urea groups is 1. The molecule has 132 valence electrons. The van der Waals surface area contributed by atoms with Crippen molar-refractivity contribution < 1.29 is 19.1 Å². The lowest BCUT2D eigenvalue weighted by molar-refractivity contribution is -0.115. The van der Waals surface area contributed by atoms with Gasteiger partial charge in [-0.25, -0.2) is 4.79 Å². The third kappa shape index (κ3) is 5.33. The zero-order valence-electron chi connectivity index (χ0n) is 14.2. The Balaban J connectivity index is 1.81. The van der Waals surface area contributed by atoms with Crippen LogP contribution in [0.3, 0.4) is 0 Å². The van der Waals surface area contributed by atoms with Gasteiger partial charge in [0.15, 0.2) is 0 Å². The molecule has 7 heteroatoms. The molecule has 0 aromatic heterocycles. The highest BCUT2D eigenvalue weighted by Gasteiger charge is 2.16. The molecule has 1 aromatic rings. The molecule has 1 aliphatic carbocycles. The molecule has 3 N–H and O–H groups in total. The summed E-state index contributed by atoms with van der Waals surface area (Å²) in [6, 6.07) is 5.01. The van der Waals surface area contributed by atoms with Gasteiger partial charge >= 0.3 is 6.03 Å². The van der Waals surface area contributed by atoms with Crippen LogP contribution in [-0.4, -0.2) is 38.7 Å². The van der Waals surface area contributed by atoms with E-state index in [-0.39, 0.29) is 24.5 Å². The molecule has 3 amide bonds. The average molecular weight is 335 g/mol. The first-order valence-corrected chi connectivity index (χ1v) is 8.18. The van der Waals surface area contributed by atoms with E-state index >= 15 is 0 Å². The van der Waals surface area contributed by atoms with Gasteiger partial charge in [-0.2, -0.15) is 0 Å². The molecule has 0 aliphatic heterocycles. The predicted octanol–water partition coefficient (Wildman–Crippen LogP) is 2.27. The second-order valence-electron chi connectivity index (χ2n) is 5.78. The van der Waals surface area contributed by atoms with Crippen molar-refractivity contribution in [1.82, 2.24) is 10.6 Å². The molecule has 7 nitrogen and oxygen atoms in total. The lowest BCUT2D eigenvalue weighted by Gasteiger charge is -2.22. The molecule has 1 saturated carbocycles. The molecule has 0 spiro atoms. The van der Waals surface area contributed by atoms with E-state index in [1.54, 1.807) is 25.3 Å². The van der Waals surface area contributed by atoms with Crippen molar-refractivity contribution in [1.29, 1.82) is 0 Å². The van der Waals surface area contributed by atoms with E-state index in [1.807, 2.05) is 0 Å². The highest BCUT2D eigenvalue weighted by Crippen LogP contribution is 2.28. The molecule has 0 unspecified atom stereocenters. The first kappa shape index (κ1) is 17.9. The Bertz CT molecular complexity index is 571. The van der Waals surface area contributed by atoms with Crippen molar-refractivity contribution in [3.63, 3.8) is 0 Å². The van der Waals surface area contributed by atoms with Crippen LogP contribution in [-0.2, 0) is 4.79 Å². The van der Waals surface area contributed by atoms with Gasteiger partial charge in [0.05, 0.1) is 26.5 Å². The number of amides is 3. The molecule has 24 heavy (non-hydrogen) atoms. The van der Waals surface area contributed by atoms with E-state index in [1.165, 1.54) is 13.5 Å². The monoisotopic (exact) mass is 335 g/mol. The van der Waals surface area contributed by atoms with Crippen molar-refractivity contribution in [2.24, 2.45) is 0 Å². The average Bonchev–Trinajstić information content (AvgIpc) is 2.60. The van der Waals surface area contributed by atoms with Crippen LogP contribution in [0.5, 0.6) is 11.5 Å². The van der Waals surface area contributed by atoms with Crippen LogP contribution >= 0.6 is 0 Å². The van der Waals surface area contributed by atoms with Crippen LogP contribution < -0.4 is 25.4 Å². The minimum Gasteiger partial charge on any atom is -0.497 e. The quantitative estimate of drug-likeness (QED) is 0.744. The summed E-state index contributed by atoms with van der Waals surface area (Å²) in [4.78, 5) is 23.9. The highest BCUT2D eigenvalue weighted by atomic mass is 16.5. The SMILES string of the molecule is COc1ccc(OC)c(NC(=O)CNC(=O)NC2CCCCC2)c1. The Morgan fingerprint density at radius 3 is 2.54 bits per heavy atom. The Labute approximate surface area is 142 Å². The van der Waals surface area contributed by atoms with E-state index in [9.17, 15) is 9.59 Å². The number of ether oxygens (including phenoxy) is 2. The number of nitrogens with one attached hydrogen (secondary N) is 3. The minimum absolute atomic E-state index is 0.112. The zero-order valence-corrected chi connectivity index (χ0v) is 14.2. The number of benzene rings is 1. The number of carbonyl (C=O) groups is 2. The number of methoxy groups -OCH3 is 2. The zero-order chi connectivity index (χ0) is 17.4. The van der Waals surface area contributed by atoms with E-state index in [0.717, 1.165) is 25.7 Å². The predicted molar refractivity (Wildman–Crippen MR) is 91.6 cm³/mol. The first-order chi connectivity index (χ1) is 11.6. The van der Waals surface area contributed by atoms with Gasteiger partial charge in [-0.1, -0.05) is 19.3 Å². The standard InChI is InChI=1S/C17H25N3O4/c1-23-13-8-9-15(24-2)14(10-13)20-16(21)11-18-17(22)19-12-6-4-3-5-7-12/h8-10,12H,3-7,11H2,1-2H3,(H,20,21)(H2,18,19,22). The molecule has 0 atom stereocenters. The third-order valence-electron chi connectivity index (χ3n) is 4.03. The molecular formula is C17H25N3O4. The van der Waals surface area contributed by atoms with Gasteiger partial charge in [-0.05, 0) is 25.0 Å². The number of hydrogen-bond acceptors (Lipinski definition) is 4. The summed E-state index contributed by atoms with van der Waals surface area (Å²) in [6.07, 6.45) is 5.51. The smallest absolute Gasteiger partial charge is 0.315 e. The highest BCUT2D eigenvalue weighted by molar-refractivity contribution is 5.95. The Kier molecular flexibility index (Phi) is 6.72. The summed E-state index contributed by atoms with van der Waals surface area (Å²) in [7, 11) is 3.07. The number of hydrogen-bond donors (Lipinski definition) is 3. The van der Waals surface area contributed by atoms with Crippen LogP contribution in [0.15, 0.2) is 18.2 Å². The largest absolute Gasteiger partial charge is 0.497 e. The van der Waals surface area contributed by atoms with Gasteiger partial charge < -0.3 is 25.4 Å². The second-order valence-corrected chi connectivity index (χ2v) is 5.78. The Morgan fingerprint density at radius 1 is 1.12 bits per heavy atom. The topological polar surface area (TPSA) is 88.7 Å². The van der Waals surface area contributed by atoms with Crippen molar-refractivity contribution in [2.45, 2.75) is 38.1 Å². The number of carbonyl (C=O) groups excluding carboxylic acids is 2. The number of anilines is 1. The van der Waals surface area contributed by atoms with E-state index in [0.29, 0.717) is 17.2 Å². The first-order valence-electron chi connectivity index (χ1n) is 8.18. The second kappa shape index (κ2) is 9.00.